The molecule has 112 valence electrons. The summed E-state index contributed by atoms with van der Waals surface area (Å²) in [5.41, 5.74) is 1.97. The van der Waals surface area contributed by atoms with Crippen molar-refractivity contribution in [2.24, 2.45) is 0 Å². The number of hydrogen-bond acceptors (Lipinski definition) is 5. The predicted octanol–water partition coefficient (Wildman–Crippen LogP) is 2.87. The van der Waals surface area contributed by atoms with Gasteiger partial charge in [-0.15, -0.1) is 11.3 Å². The molecule has 2 heterocycles. The third kappa shape index (κ3) is 4.34. The first-order valence-electron chi connectivity index (χ1n) is 6.87. The molecular weight excluding hydrogens is 286 g/mol. The second kappa shape index (κ2) is 7.28. The first-order valence-corrected chi connectivity index (χ1v) is 7.69. The molecule has 21 heavy (non-hydrogen) atoms. The number of hydrogen-bond donors (Lipinski definition) is 1. The van der Waals surface area contributed by atoms with Gasteiger partial charge in [0, 0.05) is 25.0 Å². The largest absolute Gasteiger partial charge is 0.372 e. The summed E-state index contributed by atoms with van der Waals surface area (Å²) in [6, 6.07) is 3.85. The van der Waals surface area contributed by atoms with Gasteiger partial charge < -0.3 is 10.1 Å². The van der Waals surface area contributed by atoms with E-state index >= 15 is 0 Å². The lowest BCUT2D eigenvalue weighted by Crippen LogP contribution is -2.21. The molecule has 5 nitrogen and oxygen atoms in total. The zero-order chi connectivity index (χ0) is 15.2. The average Bonchev–Trinajstić information content (AvgIpc) is 2.95. The van der Waals surface area contributed by atoms with Crippen molar-refractivity contribution in [2.75, 3.05) is 6.61 Å². The van der Waals surface area contributed by atoms with Gasteiger partial charge in [0.05, 0.1) is 6.20 Å². The summed E-state index contributed by atoms with van der Waals surface area (Å²) in [5, 5.41) is 3.71. The number of ether oxygens (including phenoxy) is 1. The Morgan fingerprint density at radius 2 is 2.29 bits per heavy atom. The van der Waals surface area contributed by atoms with Crippen LogP contribution in [0.1, 0.15) is 45.9 Å². The van der Waals surface area contributed by atoms with Crippen molar-refractivity contribution in [3.8, 4) is 0 Å². The van der Waals surface area contributed by atoms with E-state index in [2.05, 4.69) is 15.3 Å². The van der Waals surface area contributed by atoms with Gasteiger partial charge in [0.1, 0.15) is 16.0 Å². The van der Waals surface area contributed by atoms with Crippen molar-refractivity contribution in [2.45, 2.75) is 33.4 Å². The maximum Gasteiger partial charge on any atom is 0.263 e. The molecule has 0 aromatic carbocycles. The highest BCUT2D eigenvalue weighted by Crippen LogP contribution is 2.22. The lowest BCUT2D eigenvalue weighted by atomic mass is 10.2. The molecule has 1 unspecified atom stereocenters. The van der Waals surface area contributed by atoms with Crippen LogP contribution in [0.3, 0.4) is 0 Å². The molecule has 0 saturated carbocycles. The molecule has 1 amide bonds. The van der Waals surface area contributed by atoms with Gasteiger partial charge in [0.25, 0.3) is 5.91 Å². The monoisotopic (exact) mass is 305 g/mol. The van der Waals surface area contributed by atoms with Crippen LogP contribution in [0.4, 0.5) is 0 Å². The summed E-state index contributed by atoms with van der Waals surface area (Å²) in [5.74, 6) is -0.114. The molecule has 6 heteroatoms. The van der Waals surface area contributed by atoms with Crippen molar-refractivity contribution in [1.82, 2.24) is 15.3 Å². The minimum atomic E-state index is -0.114. The molecule has 0 saturated heterocycles. The first kappa shape index (κ1) is 15.6. The quantitative estimate of drug-likeness (QED) is 0.891. The minimum absolute atomic E-state index is 0.0793. The highest BCUT2D eigenvalue weighted by molar-refractivity contribution is 7.13. The lowest BCUT2D eigenvalue weighted by Gasteiger charge is -2.07. The van der Waals surface area contributed by atoms with E-state index in [1.807, 2.05) is 32.9 Å². The fourth-order valence-corrected chi connectivity index (χ4v) is 2.72. The van der Waals surface area contributed by atoms with E-state index < -0.39 is 0 Å². The molecule has 0 fully saturated rings. The standard InChI is InChI=1S/C15H19N3O2S/c1-4-20-11(3)15-18-9-13(21-15)14(19)17-8-12-5-6-16-10(2)7-12/h5-7,9,11H,4,8H2,1-3H3,(H,17,19). The Bertz CT molecular complexity index is 612. The van der Waals surface area contributed by atoms with E-state index in [1.165, 1.54) is 11.3 Å². The third-order valence-electron chi connectivity index (χ3n) is 2.93. The highest BCUT2D eigenvalue weighted by atomic mass is 32.1. The topological polar surface area (TPSA) is 64.1 Å². The SMILES string of the molecule is CCOC(C)c1ncc(C(=O)NCc2ccnc(C)c2)s1. The first-order chi connectivity index (χ1) is 10.1. The molecule has 0 radical (unpaired) electrons. The molecule has 2 rings (SSSR count). The Labute approximate surface area is 128 Å². The zero-order valence-corrected chi connectivity index (χ0v) is 13.2. The summed E-state index contributed by atoms with van der Waals surface area (Å²) < 4.78 is 5.47. The number of pyridine rings is 1. The van der Waals surface area contributed by atoms with Crippen molar-refractivity contribution >= 4 is 17.2 Å². The summed E-state index contributed by atoms with van der Waals surface area (Å²) in [6.45, 7) is 6.91. The summed E-state index contributed by atoms with van der Waals surface area (Å²) in [7, 11) is 0. The van der Waals surface area contributed by atoms with Crippen LogP contribution in [0.5, 0.6) is 0 Å². The number of rotatable bonds is 6. The van der Waals surface area contributed by atoms with Gasteiger partial charge in [-0.3, -0.25) is 9.78 Å². The normalized spacial score (nSPS) is 12.1. The number of carbonyl (C=O) groups is 1. The number of aromatic nitrogens is 2. The van der Waals surface area contributed by atoms with E-state index in [9.17, 15) is 4.79 Å². The molecule has 0 bridgehead atoms. The van der Waals surface area contributed by atoms with Gasteiger partial charge in [0.15, 0.2) is 0 Å². The number of aryl methyl sites for hydroxylation is 1. The second-order valence-electron chi connectivity index (χ2n) is 4.65. The molecule has 0 aliphatic heterocycles. The van der Waals surface area contributed by atoms with E-state index in [0.717, 1.165) is 16.3 Å². The van der Waals surface area contributed by atoms with Crippen LogP contribution in [0.2, 0.25) is 0 Å². The Morgan fingerprint density at radius 3 is 3.00 bits per heavy atom. The van der Waals surface area contributed by atoms with Crippen molar-refractivity contribution in [3.05, 3.63) is 45.7 Å². The van der Waals surface area contributed by atoms with E-state index in [-0.39, 0.29) is 12.0 Å². The number of amides is 1. The van der Waals surface area contributed by atoms with Gasteiger partial charge >= 0.3 is 0 Å². The van der Waals surface area contributed by atoms with Crippen molar-refractivity contribution < 1.29 is 9.53 Å². The van der Waals surface area contributed by atoms with E-state index in [0.29, 0.717) is 18.0 Å². The summed E-state index contributed by atoms with van der Waals surface area (Å²) in [6.07, 6.45) is 3.26. The molecule has 2 aromatic heterocycles. The number of nitrogens with one attached hydrogen (secondary N) is 1. The molecule has 1 atom stereocenters. The van der Waals surface area contributed by atoms with E-state index in [1.54, 1.807) is 12.4 Å². The fraction of sp³-hybridized carbons (Fsp3) is 0.400. The second-order valence-corrected chi connectivity index (χ2v) is 5.71. The van der Waals surface area contributed by atoms with Gasteiger partial charge in [-0.05, 0) is 38.5 Å². The van der Waals surface area contributed by atoms with Crippen LogP contribution in [0.25, 0.3) is 0 Å². The Balaban J connectivity index is 1.94. The third-order valence-corrected chi connectivity index (χ3v) is 4.08. The van der Waals surface area contributed by atoms with Crippen molar-refractivity contribution in [3.63, 3.8) is 0 Å². The molecule has 0 aliphatic carbocycles. The molecule has 0 aliphatic rings. The average molecular weight is 305 g/mol. The molecular formula is C15H19N3O2S. The van der Waals surface area contributed by atoms with Gasteiger partial charge in [-0.25, -0.2) is 4.98 Å². The Morgan fingerprint density at radius 1 is 1.48 bits per heavy atom. The van der Waals surface area contributed by atoms with Crippen LogP contribution in [0.15, 0.2) is 24.5 Å². The maximum atomic E-state index is 12.1. The molecule has 2 aromatic rings. The molecule has 1 N–H and O–H groups in total. The lowest BCUT2D eigenvalue weighted by molar-refractivity contribution is 0.0762. The Hall–Kier alpha value is -1.79. The zero-order valence-electron chi connectivity index (χ0n) is 12.4. The number of carbonyl (C=O) groups excluding carboxylic acids is 1. The van der Waals surface area contributed by atoms with Gasteiger partial charge in [-0.2, -0.15) is 0 Å². The van der Waals surface area contributed by atoms with Crippen LogP contribution < -0.4 is 5.32 Å². The highest BCUT2D eigenvalue weighted by Gasteiger charge is 2.14. The van der Waals surface area contributed by atoms with Crippen molar-refractivity contribution in [1.29, 1.82) is 0 Å². The number of nitrogens with zero attached hydrogens (tertiary/aromatic N) is 2. The van der Waals surface area contributed by atoms with Gasteiger partial charge in [-0.1, -0.05) is 0 Å². The fourth-order valence-electron chi connectivity index (χ4n) is 1.89. The maximum absolute atomic E-state index is 12.1. The smallest absolute Gasteiger partial charge is 0.263 e. The Kier molecular flexibility index (Phi) is 5.41. The predicted molar refractivity (Wildman–Crippen MR) is 82.3 cm³/mol. The van der Waals surface area contributed by atoms with Crippen LogP contribution in [-0.2, 0) is 11.3 Å². The van der Waals surface area contributed by atoms with Crippen LogP contribution >= 0.6 is 11.3 Å². The minimum Gasteiger partial charge on any atom is -0.372 e. The number of thiazole rings is 1. The summed E-state index contributed by atoms with van der Waals surface area (Å²) >= 11 is 1.37. The van der Waals surface area contributed by atoms with Crippen LogP contribution in [0, 0.1) is 6.92 Å². The molecule has 0 spiro atoms. The van der Waals surface area contributed by atoms with E-state index in [4.69, 9.17) is 4.74 Å². The van der Waals surface area contributed by atoms with Crippen LogP contribution in [-0.4, -0.2) is 22.5 Å². The van der Waals surface area contributed by atoms with Gasteiger partial charge in [0.2, 0.25) is 0 Å². The summed E-state index contributed by atoms with van der Waals surface area (Å²) in [4.78, 5) is 21.1.